The molecule has 0 fully saturated rings. The van der Waals surface area contributed by atoms with E-state index in [2.05, 4.69) is 95.7 Å². The molecule has 0 bridgehead atoms. The van der Waals surface area contributed by atoms with E-state index in [0.717, 1.165) is 41.7 Å². The lowest BCUT2D eigenvalue weighted by atomic mass is 9.66. The average molecular weight is 580 g/mol. The fourth-order valence-electron chi connectivity index (χ4n) is 5.64. The Morgan fingerprint density at radius 1 is 1.08 bits per heavy atom. The van der Waals surface area contributed by atoms with Crippen molar-refractivity contribution in [3.8, 4) is 11.5 Å². The van der Waals surface area contributed by atoms with Crippen LogP contribution in [-0.4, -0.2) is 31.0 Å². The van der Waals surface area contributed by atoms with E-state index in [0.29, 0.717) is 11.8 Å². The van der Waals surface area contributed by atoms with Crippen LogP contribution in [0.25, 0.3) is 0 Å². The molecule has 0 saturated heterocycles. The summed E-state index contributed by atoms with van der Waals surface area (Å²) in [7, 11) is -2.07. The molecule has 0 radical (unpaired) electrons. The number of aliphatic hydroxyl groups excluding tert-OH is 1. The zero-order valence-corrected chi connectivity index (χ0v) is 27.0. The van der Waals surface area contributed by atoms with Gasteiger partial charge in [-0.15, -0.1) is 0 Å². The van der Waals surface area contributed by atoms with Gasteiger partial charge in [-0.1, -0.05) is 75.9 Å². The van der Waals surface area contributed by atoms with E-state index < -0.39 is 8.32 Å². The fraction of sp³-hybridized carbons (Fsp3) is 0.742. The van der Waals surface area contributed by atoms with Gasteiger partial charge in [0.25, 0.3) is 0 Å². The number of ether oxygens (including phenoxy) is 1. The van der Waals surface area contributed by atoms with Crippen LogP contribution in [0.2, 0.25) is 18.1 Å². The van der Waals surface area contributed by atoms with Crippen molar-refractivity contribution >= 4 is 24.2 Å². The second kappa shape index (κ2) is 11.1. The van der Waals surface area contributed by atoms with Gasteiger partial charge in [-0.05, 0) is 86.3 Å². The van der Waals surface area contributed by atoms with Gasteiger partial charge in [-0.3, -0.25) is 0 Å². The number of hydrogen-bond donors (Lipinski definition) is 1. The quantitative estimate of drug-likeness (QED) is 0.130. The van der Waals surface area contributed by atoms with Crippen molar-refractivity contribution in [1.29, 1.82) is 0 Å². The zero-order valence-electron chi connectivity index (χ0n) is 24.4. The van der Waals surface area contributed by atoms with Gasteiger partial charge in [0.15, 0.2) is 0 Å². The van der Waals surface area contributed by atoms with Crippen molar-refractivity contribution in [1.82, 2.24) is 0 Å². The Morgan fingerprint density at radius 3 is 2.36 bits per heavy atom. The fourth-order valence-corrected chi connectivity index (χ4v) is 7.06. The molecule has 204 valence electrons. The van der Waals surface area contributed by atoms with Crippen molar-refractivity contribution < 1.29 is 14.3 Å². The van der Waals surface area contributed by atoms with E-state index in [1.54, 1.807) is 0 Å². The Labute approximate surface area is 230 Å². The number of hydrogen-bond acceptors (Lipinski definition) is 3. The van der Waals surface area contributed by atoms with Gasteiger partial charge >= 0.3 is 0 Å². The van der Waals surface area contributed by atoms with Gasteiger partial charge in [0.1, 0.15) is 17.1 Å². The summed E-state index contributed by atoms with van der Waals surface area (Å²) in [6.45, 7) is 21.0. The highest BCUT2D eigenvalue weighted by Gasteiger charge is 2.48. The second-order valence-electron chi connectivity index (χ2n) is 13.9. The lowest BCUT2D eigenvalue weighted by molar-refractivity contribution is 0.00689. The summed E-state index contributed by atoms with van der Waals surface area (Å²) < 4.78 is 13.9. The Balaban J connectivity index is 2.08. The van der Waals surface area contributed by atoms with Crippen LogP contribution >= 0.6 is 15.9 Å². The van der Waals surface area contributed by atoms with E-state index in [-0.39, 0.29) is 22.7 Å². The molecular weight excluding hydrogens is 528 g/mol. The molecule has 3 rings (SSSR count). The van der Waals surface area contributed by atoms with Crippen LogP contribution in [-0.2, 0) is 5.41 Å². The summed E-state index contributed by atoms with van der Waals surface area (Å²) in [6.07, 6.45) is 10.2. The summed E-state index contributed by atoms with van der Waals surface area (Å²) in [5.74, 6) is 2.71. The number of rotatable bonds is 10. The minimum absolute atomic E-state index is 0.0437. The van der Waals surface area contributed by atoms with Crippen LogP contribution in [0.4, 0.5) is 0 Å². The molecule has 0 spiro atoms. The van der Waals surface area contributed by atoms with Gasteiger partial charge in [0.05, 0.1) is 6.61 Å². The maximum Gasteiger partial charge on any atom is 0.250 e. The lowest BCUT2D eigenvalue weighted by Crippen LogP contribution is -2.47. The zero-order chi connectivity index (χ0) is 26.9. The molecule has 1 aliphatic heterocycles. The normalized spacial score (nSPS) is 21.8. The number of unbranched alkanes of at least 4 members (excludes halogenated alkanes) is 3. The second-order valence-corrected chi connectivity index (χ2v) is 19.4. The number of alkyl halides is 1. The first kappa shape index (κ1) is 29.8. The minimum atomic E-state index is -2.07. The average Bonchev–Trinajstić information content (AvgIpc) is 2.76. The largest absolute Gasteiger partial charge is 0.543 e. The van der Waals surface area contributed by atoms with Crippen molar-refractivity contribution in [2.45, 2.75) is 128 Å². The van der Waals surface area contributed by atoms with Crippen molar-refractivity contribution in [2.75, 3.05) is 11.9 Å². The monoisotopic (exact) mass is 578 g/mol. The van der Waals surface area contributed by atoms with Crippen LogP contribution in [0.5, 0.6) is 11.5 Å². The number of fused-ring (bicyclic) bond motifs is 3. The molecule has 5 heteroatoms. The number of aliphatic hydroxyl groups is 1. The molecule has 3 nitrogen and oxygen atoms in total. The smallest absolute Gasteiger partial charge is 0.250 e. The van der Waals surface area contributed by atoms with E-state index in [1.165, 1.54) is 36.8 Å². The van der Waals surface area contributed by atoms with Crippen molar-refractivity contribution in [3.63, 3.8) is 0 Å². The predicted octanol–water partition coefficient (Wildman–Crippen LogP) is 9.28. The van der Waals surface area contributed by atoms with E-state index >= 15 is 0 Å². The summed E-state index contributed by atoms with van der Waals surface area (Å²) in [5.41, 5.74) is 3.48. The molecule has 1 aromatic rings. The highest BCUT2D eigenvalue weighted by molar-refractivity contribution is 9.09. The van der Waals surface area contributed by atoms with E-state index in [9.17, 15) is 5.11 Å². The molecule has 1 aromatic carbocycles. The molecule has 2 atom stereocenters. The standard InChI is InChI=1S/C31H51BrO3Si/c1-29(2,3)36(8,9)35-27-20-23(30(4,5)16-12-10-11-13-17-32)19-26-28(27)24-18-22(21-33)14-15-25(24)31(6,7)34-26/h14,19-20,24-25,33H,10-13,15-18,21H2,1-9H3/t24?,25-/m1/s1. The highest BCUT2D eigenvalue weighted by Crippen LogP contribution is 2.56. The third-order valence-corrected chi connectivity index (χ3v) is 14.1. The van der Waals surface area contributed by atoms with Crippen LogP contribution in [0.15, 0.2) is 23.8 Å². The summed E-state index contributed by atoms with van der Waals surface area (Å²) in [4.78, 5) is 0. The first-order valence-corrected chi connectivity index (χ1v) is 18.1. The lowest BCUT2D eigenvalue weighted by Gasteiger charge is -2.48. The molecule has 0 aromatic heterocycles. The van der Waals surface area contributed by atoms with Gasteiger partial charge < -0.3 is 14.3 Å². The Kier molecular flexibility index (Phi) is 9.21. The molecule has 0 amide bonds. The third-order valence-electron chi connectivity index (χ3n) is 9.21. The molecule has 1 unspecified atom stereocenters. The Morgan fingerprint density at radius 2 is 1.75 bits per heavy atom. The molecular formula is C31H51BrO3Si. The summed E-state index contributed by atoms with van der Waals surface area (Å²) in [5, 5.41) is 11.2. The molecule has 1 heterocycles. The van der Waals surface area contributed by atoms with Gasteiger partial charge in [-0.2, -0.15) is 0 Å². The van der Waals surface area contributed by atoms with E-state index in [1.807, 2.05) is 0 Å². The number of benzene rings is 1. The maximum absolute atomic E-state index is 9.98. The van der Waals surface area contributed by atoms with Crippen molar-refractivity contribution in [3.05, 3.63) is 34.9 Å². The molecule has 2 aliphatic rings. The number of halogens is 1. The van der Waals surface area contributed by atoms with Crippen molar-refractivity contribution in [2.24, 2.45) is 5.92 Å². The summed E-state index contributed by atoms with van der Waals surface area (Å²) >= 11 is 3.56. The topological polar surface area (TPSA) is 38.7 Å². The predicted molar refractivity (Wildman–Crippen MR) is 160 cm³/mol. The number of allylic oxidation sites excluding steroid dienone is 1. The highest BCUT2D eigenvalue weighted by atomic mass is 79.9. The van der Waals surface area contributed by atoms with Crippen LogP contribution in [0.3, 0.4) is 0 Å². The van der Waals surface area contributed by atoms with Crippen LogP contribution in [0, 0.1) is 5.92 Å². The van der Waals surface area contributed by atoms with E-state index in [4.69, 9.17) is 9.16 Å². The SMILES string of the molecule is CC(C)(CCCCCCBr)c1cc2c(c(O[Si](C)(C)C(C)(C)C)c1)C1CC(CO)=CC[C@H]1C(C)(C)O2. The summed E-state index contributed by atoms with van der Waals surface area (Å²) in [6, 6.07) is 4.68. The molecule has 1 aliphatic carbocycles. The first-order chi connectivity index (χ1) is 16.6. The van der Waals surface area contributed by atoms with Gasteiger partial charge in [0.2, 0.25) is 8.32 Å². The van der Waals surface area contributed by atoms with Crippen LogP contribution in [0.1, 0.15) is 110 Å². The third kappa shape index (κ3) is 6.43. The maximum atomic E-state index is 9.98. The minimum Gasteiger partial charge on any atom is -0.543 e. The van der Waals surface area contributed by atoms with Gasteiger partial charge in [-0.25, -0.2) is 0 Å². The molecule has 0 saturated carbocycles. The molecule has 36 heavy (non-hydrogen) atoms. The van der Waals surface area contributed by atoms with Gasteiger partial charge in [0, 0.05) is 22.7 Å². The Bertz CT molecular complexity index is 942. The Hall–Kier alpha value is -0.783. The van der Waals surface area contributed by atoms with Crippen LogP contribution < -0.4 is 9.16 Å². The molecule has 1 N–H and O–H groups in total. The first-order valence-electron chi connectivity index (χ1n) is 14.0.